The van der Waals surface area contributed by atoms with E-state index in [0.29, 0.717) is 17.0 Å². The highest BCUT2D eigenvalue weighted by molar-refractivity contribution is 5.96. The first kappa shape index (κ1) is 19.0. The number of amides is 1. The van der Waals surface area contributed by atoms with Gasteiger partial charge in [-0.25, -0.2) is 9.67 Å². The van der Waals surface area contributed by atoms with Gasteiger partial charge in [-0.15, -0.1) is 0 Å². The molecule has 0 radical (unpaired) electrons. The molecule has 1 N–H and O–H groups in total. The fraction of sp³-hybridized carbons (Fsp3) is 0.167. The number of pyridine rings is 1. The third kappa shape index (κ3) is 3.44. The van der Waals surface area contributed by atoms with Crippen LogP contribution in [0.2, 0.25) is 0 Å². The van der Waals surface area contributed by atoms with E-state index in [1.54, 1.807) is 6.20 Å². The smallest absolute Gasteiger partial charge is 0.230 e. The quantitative estimate of drug-likeness (QED) is 0.465. The summed E-state index contributed by atoms with van der Waals surface area (Å²) in [6.45, 7) is 5.94. The fourth-order valence-corrected chi connectivity index (χ4v) is 3.96. The van der Waals surface area contributed by atoms with E-state index in [1.807, 2.05) is 67.9 Å². The van der Waals surface area contributed by atoms with E-state index >= 15 is 0 Å². The van der Waals surface area contributed by atoms with Crippen molar-refractivity contribution in [1.29, 1.82) is 0 Å². The van der Waals surface area contributed by atoms with Gasteiger partial charge in [-0.1, -0.05) is 29.4 Å². The zero-order valence-corrected chi connectivity index (χ0v) is 17.5. The number of nitrogens with one attached hydrogen (secondary N) is 1. The minimum Gasteiger partial charge on any atom is -0.356 e. The Morgan fingerprint density at radius 3 is 2.71 bits per heavy atom. The molecule has 0 spiro atoms. The van der Waals surface area contributed by atoms with Crippen molar-refractivity contribution in [3.05, 3.63) is 77.2 Å². The number of aryl methyl sites for hydroxylation is 3. The van der Waals surface area contributed by atoms with Crippen LogP contribution in [0.3, 0.4) is 0 Å². The molecule has 0 bridgehead atoms. The highest BCUT2D eigenvalue weighted by Gasteiger charge is 2.16. The Labute approximate surface area is 178 Å². The van der Waals surface area contributed by atoms with Crippen molar-refractivity contribution in [1.82, 2.24) is 19.9 Å². The number of rotatable bonds is 4. The van der Waals surface area contributed by atoms with Crippen molar-refractivity contribution in [3.8, 4) is 5.69 Å². The number of fused-ring (bicyclic) bond motifs is 2. The number of aromatic nitrogens is 4. The first-order valence-electron chi connectivity index (χ1n) is 10.1. The Balaban J connectivity index is 1.41. The molecule has 0 saturated heterocycles. The monoisotopic (exact) mass is 411 g/mol. The Kier molecular flexibility index (Phi) is 4.51. The summed E-state index contributed by atoms with van der Waals surface area (Å²) in [5.41, 5.74) is 6.63. The van der Waals surface area contributed by atoms with Crippen molar-refractivity contribution in [2.45, 2.75) is 27.2 Å². The molecule has 0 unspecified atom stereocenters. The number of hydrogen-bond acceptors (Lipinski definition) is 5. The topological polar surface area (TPSA) is 85.8 Å². The average molecular weight is 411 g/mol. The van der Waals surface area contributed by atoms with Gasteiger partial charge in [0.25, 0.3) is 0 Å². The van der Waals surface area contributed by atoms with Gasteiger partial charge in [0.05, 0.1) is 29.7 Å². The lowest BCUT2D eigenvalue weighted by atomic mass is 10.0. The number of hydrogen-bond donors (Lipinski definition) is 1. The van der Waals surface area contributed by atoms with E-state index in [4.69, 9.17) is 4.52 Å². The maximum Gasteiger partial charge on any atom is 0.230 e. The van der Waals surface area contributed by atoms with Gasteiger partial charge in [-0.3, -0.25) is 4.79 Å². The van der Waals surface area contributed by atoms with Crippen LogP contribution in [-0.4, -0.2) is 25.8 Å². The van der Waals surface area contributed by atoms with Crippen LogP contribution in [0, 0.1) is 20.8 Å². The van der Waals surface area contributed by atoms with Crippen LogP contribution in [0.1, 0.15) is 22.5 Å². The summed E-state index contributed by atoms with van der Waals surface area (Å²) in [5, 5.41) is 13.4. The van der Waals surface area contributed by atoms with Gasteiger partial charge in [0.1, 0.15) is 5.69 Å². The van der Waals surface area contributed by atoms with Gasteiger partial charge in [0, 0.05) is 10.8 Å². The highest BCUT2D eigenvalue weighted by Crippen LogP contribution is 2.26. The maximum atomic E-state index is 12.7. The molecule has 3 heterocycles. The number of anilines is 1. The molecule has 3 aromatic heterocycles. The minimum absolute atomic E-state index is 0.122. The summed E-state index contributed by atoms with van der Waals surface area (Å²) in [4.78, 5) is 17.3. The molecule has 2 aromatic carbocycles. The van der Waals surface area contributed by atoms with Crippen LogP contribution in [-0.2, 0) is 11.2 Å². The molecule has 31 heavy (non-hydrogen) atoms. The molecule has 5 rings (SSSR count). The predicted molar refractivity (Wildman–Crippen MR) is 119 cm³/mol. The first-order valence-corrected chi connectivity index (χ1v) is 10.1. The van der Waals surface area contributed by atoms with E-state index < -0.39 is 0 Å². The maximum absolute atomic E-state index is 12.7. The van der Waals surface area contributed by atoms with Gasteiger partial charge in [-0.2, -0.15) is 5.10 Å². The number of benzene rings is 2. The SMILES string of the molecule is Cc1cc(C)c2c(CC(=O)Nc3cnc4c(c3)c(C)nn4-c3ccccc3)noc2c1. The third-order valence-corrected chi connectivity index (χ3v) is 5.31. The second kappa shape index (κ2) is 7.36. The van der Waals surface area contributed by atoms with Crippen LogP contribution < -0.4 is 5.32 Å². The van der Waals surface area contributed by atoms with Crippen molar-refractivity contribution >= 4 is 33.6 Å². The van der Waals surface area contributed by atoms with Gasteiger partial charge >= 0.3 is 0 Å². The van der Waals surface area contributed by atoms with Gasteiger partial charge in [0.2, 0.25) is 5.91 Å². The molecule has 0 aliphatic rings. The largest absolute Gasteiger partial charge is 0.356 e. The summed E-state index contributed by atoms with van der Waals surface area (Å²) in [5.74, 6) is -0.176. The van der Waals surface area contributed by atoms with Crippen LogP contribution in [0.5, 0.6) is 0 Å². The lowest BCUT2D eigenvalue weighted by Crippen LogP contribution is -2.15. The molecule has 5 aromatic rings. The highest BCUT2D eigenvalue weighted by atomic mass is 16.5. The molecule has 7 heteroatoms. The first-order chi connectivity index (χ1) is 15.0. The molecule has 1 amide bonds. The second-order valence-electron chi connectivity index (χ2n) is 7.74. The van der Waals surface area contributed by atoms with E-state index in [1.165, 1.54) is 0 Å². The second-order valence-corrected chi connectivity index (χ2v) is 7.74. The minimum atomic E-state index is -0.176. The van der Waals surface area contributed by atoms with Crippen LogP contribution in [0.4, 0.5) is 5.69 Å². The molecule has 7 nitrogen and oxygen atoms in total. The zero-order chi connectivity index (χ0) is 21.5. The van der Waals surface area contributed by atoms with E-state index in [-0.39, 0.29) is 12.3 Å². The average Bonchev–Trinajstić information content (AvgIpc) is 3.29. The van der Waals surface area contributed by atoms with Gasteiger partial charge < -0.3 is 9.84 Å². The lowest BCUT2D eigenvalue weighted by molar-refractivity contribution is -0.115. The number of carbonyl (C=O) groups is 1. The Morgan fingerprint density at radius 2 is 1.90 bits per heavy atom. The Morgan fingerprint density at radius 1 is 1.10 bits per heavy atom. The molecule has 0 atom stereocenters. The van der Waals surface area contributed by atoms with Crippen LogP contribution in [0.25, 0.3) is 27.7 Å². The Bertz CT molecular complexity index is 1430. The number of nitrogens with zero attached hydrogens (tertiary/aromatic N) is 4. The number of carbonyl (C=O) groups excluding carboxylic acids is 1. The van der Waals surface area contributed by atoms with E-state index in [2.05, 4.69) is 26.6 Å². The predicted octanol–water partition coefficient (Wildman–Crippen LogP) is 4.67. The summed E-state index contributed by atoms with van der Waals surface area (Å²) >= 11 is 0. The molecular formula is C24H21N5O2. The summed E-state index contributed by atoms with van der Waals surface area (Å²) in [6.07, 6.45) is 1.77. The van der Waals surface area contributed by atoms with Crippen molar-refractivity contribution in [2.24, 2.45) is 0 Å². The number of para-hydroxylation sites is 1. The van der Waals surface area contributed by atoms with Crippen molar-refractivity contribution in [2.75, 3.05) is 5.32 Å². The summed E-state index contributed by atoms with van der Waals surface area (Å²) in [6, 6.07) is 15.7. The third-order valence-electron chi connectivity index (χ3n) is 5.31. The van der Waals surface area contributed by atoms with E-state index in [0.717, 1.165) is 38.9 Å². The van der Waals surface area contributed by atoms with Gasteiger partial charge in [-0.05, 0) is 56.2 Å². The molecule has 154 valence electrons. The van der Waals surface area contributed by atoms with Crippen molar-refractivity contribution < 1.29 is 9.32 Å². The standard InChI is InChI=1S/C24H21N5O2/c1-14-9-15(2)23-20(28-31-21(23)10-14)12-22(30)26-17-11-19-16(3)27-29(24(19)25-13-17)18-7-5-4-6-8-18/h4-11,13H,12H2,1-3H3,(H,26,30). The summed E-state index contributed by atoms with van der Waals surface area (Å²) in [7, 11) is 0. The van der Waals surface area contributed by atoms with Crippen molar-refractivity contribution in [3.63, 3.8) is 0 Å². The van der Waals surface area contributed by atoms with Gasteiger partial charge in [0.15, 0.2) is 11.2 Å². The molecule has 0 fully saturated rings. The molecule has 0 aliphatic carbocycles. The van der Waals surface area contributed by atoms with Crippen LogP contribution >= 0.6 is 0 Å². The van der Waals surface area contributed by atoms with E-state index in [9.17, 15) is 4.79 Å². The Hall–Kier alpha value is -4.00. The molecule has 0 aliphatic heterocycles. The van der Waals surface area contributed by atoms with Crippen LogP contribution in [0.15, 0.2) is 59.3 Å². The summed E-state index contributed by atoms with van der Waals surface area (Å²) < 4.78 is 7.23. The molecule has 0 saturated carbocycles. The lowest BCUT2D eigenvalue weighted by Gasteiger charge is -2.06. The zero-order valence-electron chi connectivity index (χ0n) is 17.5. The molecular weight excluding hydrogens is 390 g/mol. The normalized spacial score (nSPS) is 11.3. The fourth-order valence-electron chi connectivity index (χ4n) is 3.96.